The van der Waals surface area contributed by atoms with Gasteiger partial charge >= 0.3 is 0 Å². The van der Waals surface area contributed by atoms with Crippen molar-refractivity contribution < 1.29 is 13.2 Å². The smallest absolute Gasteiger partial charge is 0.241 e. The number of carbonyl (C=O) groups is 1. The summed E-state index contributed by atoms with van der Waals surface area (Å²) in [5.41, 5.74) is 0.598. The molecule has 1 heterocycles. The van der Waals surface area contributed by atoms with Crippen LogP contribution >= 0.6 is 12.4 Å². The summed E-state index contributed by atoms with van der Waals surface area (Å²) in [5, 5.41) is 5.99. The first-order valence-corrected chi connectivity index (χ1v) is 9.03. The Morgan fingerprint density at radius 3 is 2.39 bits per heavy atom. The molecule has 0 unspecified atom stereocenters. The van der Waals surface area contributed by atoms with Crippen LogP contribution in [0, 0.1) is 0 Å². The highest BCUT2D eigenvalue weighted by Crippen LogP contribution is 2.16. The van der Waals surface area contributed by atoms with Gasteiger partial charge in [0.25, 0.3) is 0 Å². The summed E-state index contributed by atoms with van der Waals surface area (Å²) in [6.07, 6.45) is 2.97. The zero-order chi connectivity index (χ0) is 16.2. The molecule has 130 valence electrons. The third-order valence-corrected chi connectivity index (χ3v) is 5.12. The summed E-state index contributed by atoms with van der Waals surface area (Å²) in [5.74, 6) is -0.0735. The lowest BCUT2D eigenvalue weighted by Gasteiger charge is -2.22. The fraction of sp³-hybridized carbons (Fsp3) is 0.533. The van der Waals surface area contributed by atoms with Gasteiger partial charge in [-0.05, 0) is 57.5 Å². The maximum Gasteiger partial charge on any atom is 0.241 e. The Labute approximate surface area is 143 Å². The molecule has 3 N–H and O–H groups in total. The summed E-state index contributed by atoms with van der Waals surface area (Å²) in [6.45, 7) is 4.39. The van der Waals surface area contributed by atoms with Gasteiger partial charge in [0.15, 0.2) is 0 Å². The van der Waals surface area contributed by atoms with Crippen LogP contribution in [0.25, 0.3) is 0 Å². The fourth-order valence-electron chi connectivity index (χ4n) is 2.40. The van der Waals surface area contributed by atoms with E-state index in [2.05, 4.69) is 15.4 Å². The number of hydrogen-bond donors (Lipinski definition) is 3. The predicted molar refractivity (Wildman–Crippen MR) is 93.4 cm³/mol. The number of amides is 1. The zero-order valence-corrected chi connectivity index (χ0v) is 15.0. The van der Waals surface area contributed by atoms with Gasteiger partial charge in [0.2, 0.25) is 15.9 Å². The van der Waals surface area contributed by atoms with Crippen LogP contribution in [0.4, 0.5) is 5.69 Å². The average Bonchev–Trinajstić information content (AvgIpc) is 2.47. The molecule has 1 fully saturated rings. The Morgan fingerprint density at radius 1 is 1.22 bits per heavy atom. The second-order valence-electron chi connectivity index (χ2n) is 5.79. The van der Waals surface area contributed by atoms with E-state index in [9.17, 15) is 13.2 Å². The van der Waals surface area contributed by atoms with Crippen molar-refractivity contribution in [2.24, 2.45) is 0 Å². The maximum atomic E-state index is 12.1. The van der Waals surface area contributed by atoms with Crippen LogP contribution in [-0.2, 0) is 14.8 Å². The van der Waals surface area contributed by atoms with E-state index in [1.54, 1.807) is 26.0 Å². The molecule has 1 amide bonds. The van der Waals surface area contributed by atoms with Gasteiger partial charge in [-0.1, -0.05) is 6.42 Å². The van der Waals surface area contributed by atoms with E-state index in [0.29, 0.717) is 5.69 Å². The molecule has 0 aromatic heterocycles. The molecule has 0 saturated carbocycles. The van der Waals surface area contributed by atoms with Gasteiger partial charge in [0.05, 0.1) is 10.9 Å². The minimum Gasteiger partial charge on any atom is -0.325 e. The van der Waals surface area contributed by atoms with Crippen LogP contribution in [0.3, 0.4) is 0 Å². The predicted octanol–water partition coefficient (Wildman–Crippen LogP) is 1.88. The quantitative estimate of drug-likeness (QED) is 0.747. The number of carbonyl (C=O) groups excluding carboxylic acids is 1. The van der Waals surface area contributed by atoms with Crippen molar-refractivity contribution in [3.63, 3.8) is 0 Å². The number of piperidine rings is 1. The molecule has 0 radical (unpaired) electrons. The maximum absolute atomic E-state index is 12.1. The van der Waals surface area contributed by atoms with Crippen LogP contribution in [0.5, 0.6) is 0 Å². The lowest BCUT2D eigenvalue weighted by Crippen LogP contribution is -2.43. The molecule has 2 rings (SSSR count). The summed E-state index contributed by atoms with van der Waals surface area (Å²) in [4.78, 5) is 12.3. The van der Waals surface area contributed by atoms with E-state index >= 15 is 0 Å². The Kier molecular flexibility index (Phi) is 7.47. The molecule has 1 saturated heterocycles. The Bertz CT molecular complexity index is 611. The molecule has 0 bridgehead atoms. The van der Waals surface area contributed by atoms with Gasteiger partial charge in [-0.2, -0.15) is 0 Å². The van der Waals surface area contributed by atoms with Crippen LogP contribution < -0.4 is 15.4 Å². The summed E-state index contributed by atoms with van der Waals surface area (Å²) in [7, 11) is -3.50. The van der Waals surface area contributed by atoms with E-state index < -0.39 is 10.0 Å². The van der Waals surface area contributed by atoms with E-state index in [1.807, 2.05) is 0 Å². The summed E-state index contributed by atoms with van der Waals surface area (Å²) >= 11 is 0. The van der Waals surface area contributed by atoms with Crippen molar-refractivity contribution in [2.45, 2.75) is 50.1 Å². The van der Waals surface area contributed by atoms with Crippen molar-refractivity contribution in [3.05, 3.63) is 24.3 Å². The van der Waals surface area contributed by atoms with E-state index in [0.717, 1.165) is 25.8 Å². The van der Waals surface area contributed by atoms with Crippen molar-refractivity contribution in [1.29, 1.82) is 0 Å². The summed E-state index contributed by atoms with van der Waals surface area (Å²) < 4.78 is 26.6. The van der Waals surface area contributed by atoms with Gasteiger partial charge in [-0.15, -0.1) is 12.4 Å². The summed E-state index contributed by atoms with van der Waals surface area (Å²) in [6, 6.07) is 5.87. The van der Waals surface area contributed by atoms with Crippen LogP contribution in [0.15, 0.2) is 29.2 Å². The van der Waals surface area contributed by atoms with Gasteiger partial charge in [-0.3, -0.25) is 4.79 Å². The molecular formula is C15H24ClN3O3S. The van der Waals surface area contributed by atoms with E-state index in [-0.39, 0.29) is 35.3 Å². The monoisotopic (exact) mass is 361 g/mol. The molecule has 23 heavy (non-hydrogen) atoms. The second kappa shape index (κ2) is 8.63. The lowest BCUT2D eigenvalue weighted by atomic mass is 10.0. The lowest BCUT2D eigenvalue weighted by molar-refractivity contribution is -0.118. The van der Waals surface area contributed by atoms with E-state index in [1.165, 1.54) is 12.1 Å². The molecular weight excluding hydrogens is 338 g/mol. The minimum atomic E-state index is -3.50. The fourth-order valence-corrected chi connectivity index (χ4v) is 3.65. The molecule has 1 aromatic rings. The SMILES string of the molecule is CC(C)NS(=O)(=O)c1ccc(NC(=O)[C@@H]2CCCCN2)cc1.Cl. The third kappa shape index (κ3) is 5.76. The van der Waals surface area contributed by atoms with Gasteiger partial charge in [-0.25, -0.2) is 13.1 Å². The molecule has 1 atom stereocenters. The molecule has 1 aromatic carbocycles. The molecule has 0 aliphatic carbocycles. The minimum absolute atomic E-state index is 0. The van der Waals surface area contributed by atoms with E-state index in [4.69, 9.17) is 0 Å². The first kappa shape index (κ1) is 19.9. The van der Waals surface area contributed by atoms with Crippen LogP contribution in [-0.4, -0.2) is 33.0 Å². The number of anilines is 1. The normalized spacial score (nSPS) is 18.3. The Hall–Kier alpha value is -1.15. The van der Waals surface area contributed by atoms with Crippen LogP contribution in [0.1, 0.15) is 33.1 Å². The highest BCUT2D eigenvalue weighted by atomic mass is 35.5. The number of benzene rings is 1. The molecule has 0 spiro atoms. The molecule has 1 aliphatic heterocycles. The molecule has 6 nitrogen and oxygen atoms in total. The van der Waals surface area contributed by atoms with Gasteiger partial charge in [0, 0.05) is 11.7 Å². The Balaban J connectivity index is 0.00000264. The second-order valence-corrected chi connectivity index (χ2v) is 7.51. The van der Waals surface area contributed by atoms with Crippen molar-refractivity contribution >= 4 is 34.0 Å². The highest BCUT2D eigenvalue weighted by Gasteiger charge is 2.21. The third-order valence-electron chi connectivity index (χ3n) is 3.45. The standard InChI is InChI=1S/C15H23N3O3S.ClH/c1-11(2)18-22(20,21)13-8-6-12(7-9-13)17-15(19)14-5-3-4-10-16-14;/h6-9,11,14,16,18H,3-5,10H2,1-2H3,(H,17,19);1H/t14-;/m0./s1. The largest absolute Gasteiger partial charge is 0.325 e. The zero-order valence-electron chi connectivity index (χ0n) is 13.3. The van der Waals surface area contributed by atoms with Crippen molar-refractivity contribution in [1.82, 2.24) is 10.0 Å². The van der Waals surface area contributed by atoms with Crippen molar-refractivity contribution in [3.8, 4) is 0 Å². The van der Waals surface area contributed by atoms with Crippen molar-refractivity contribution in [2.75, 3.05) is 11.9 Å². The van der Waals surface area contributed by atoms with Crippen LogP contribution in [0.2, 0.25) is 0 Å². The Morgan fingerprint density at radius 2 is 1.87 bits per heavy atom. The van der Waals surface area contributed by atoms with Gasteiger partial charge < -0.3 is 10.6 Å². The molecule has 8 heteroatoms. The number of rotatable bonds is 5. The molecule has 1 aliphatic rings. The number of sulfonamides is 1. The van der Waals surface area contributed by atoms with Gasteiger partial charge in [0.1, 0.15) is 0 Å². The topological polar surface area (TPSA) is 87.3 Å². The number of hydrogen-bond acceptors (Lipinski definition) is 4. The first-order valence-electron chi connectivity index (χ1n) is 7.55. The first-order chi connectivity index (χ1) is 10.4. The number of halogens is 1. The highest BCUT2D eigenvalue weighted by molar-refractivity contribution is 7.89. The average molecular weight is 362 g/mol. The number of nitrogens with one attached hydrogen (secondary N) is 3.